The summed E-state index contributed by atoms with van der Waals surface area (Å²) >= 11 is 1.74. The van der Waals surface area contributed by atoms with E-state index < -0.39 is 0 Å². The summed E-state index contributed by atoms with van der Waals surface area (Å²) < 4.78 is 0. The molecule has 1 aromatic rings. The fourth-order valence-corrected chi connectivity index (χ4v) is 3.05. The highest BCUT2D eigenvalue weighted by Crippen LogP contribution is 2.16. The number of aromatic nitrogens is 1. The van der Waals surface area contributed by atoms with Crippen molar-refractivity contribution in [2.45, 2.75) is 40.7 Å². The Hall–Kier alpha value is -0.410. The SMILES string of the molecule is CCN(CC)CCCNC(=NC)NCc1sc(C)nc1C.I. The molecule has 0 aliphatic carbocycles. The minimum atomic E-state index is 0. The average molecular weight is 439 g/mol. The molecule has 1 aromatic heterocycles. The molecule has 0 spiro atoms. The van der Waals surface area contributed by atoms with Gasteiger partial charge in [-0.25, -0.2) is 4.98 Å². The molecule has 0 amide bonds. The Morgan fingerprint density at radius 2 is 1.91 bits per heavy atom. The van der Waals surface area contributed by atoms with Crippen LogP contribution >= 0.6 is 35.3 Å². The summed E-state index contributed by atoms with van der Waals surface area (Å²) in [5, 5.41) is 7.83. The third-order valence-corrected chi connectivity index (χ3v) is 4.55. The second-order valence-corrected chi connectivity index (χ2v) is 6.26. The lowest BCUT2D eigenvalue weighted by Gasteiger charge is -2.18. The Bertz CT molecular complexity index is 443. The quantitative estimate of drug-likeness (QED) is 0.283. The molecule has 22 heavy (non-hydrogen) atoms. The lowest BCUT2D eigenvalue weighted by Crippen LogP contribution is -2.38. The minimum absolute atomic E-state index is 0. The summed E-state index contributed by atoms with van der Waals surface area (Å²) in [5.41, 5.74) is 1.11. The number of rotatable bonds is 8. The van der Waals surface area contributed by atoms with Crippen molar-refractivity contribution < 1.29 is 0 Å². The van der Waals surface area contributed by atoms with Crippen molar-refractivity contribution in [3.05, 3.63) is 15.6 Å². The van der Waals surface area contributed by atoms with E-state index >= 15 is 0 Å². The number of thiazole rings is 1. The van der Waals surface area contributed by atoms with Crippen LogP contribution in [0.2, 0.25) is 0 Å². The van der Waals surface area contributed by atoms with E-state index in [9.17, 15) is 0 Å². The molecule has 0 aromatic carbocycles. The summed E-state index contributed by atoms with van der Waals surface area (Å²) in [4.78, 5) is 12.4. The molecule has 0 radical (unpaired) electrons. The zero-order chi connectivity index (χ0) is 15.7. The number of guanidine groups is 1. The molecule has 0 bridgehead atoms. The van der Waals surface area contributed by atoms with Gasteiger partial charge in [0.1, 0.15) is 0 Å². The minimum Gasteiger partial charge on any atom is -0.356 e. The first-order valence-corrected chi connectivity index (χ1v) is 8.52. The van der Waals surface area contributed by atoms with Crippen LogP contribution in [-0.2, 0) is 6.54 Å². The monoisotopic (exact) mass is 439 g/mol. The molecule has 0 aliphatic heterocycles. The first kappa shape index (κ1) is 21.6. The predicted molar refractivity (Wildman–Crippen MR) is 108 cm³/mol. The smallest absolute Gasteiger partial charge is 0.191 e. The highest BCUT2D eigenvalue weighted by Gasteiger charge is 2.05. The molecule has 7 heteroatoms. The van der Waals surface area contributed by atoms with Crippen LogP contribution in [0.5, 0.6) is 0 Å². The normalized spacial score (nSPS) is 11.5. The Kier molecular flexibility index (Phi) is 11.8. The highest BCUT2D eigenvalue weighted by atomic mass is 127. The van der Waals surface area contributed by atoms with Gasteiger partial charge >= 0.3 is 0 Å². The van der Waals surface area contributed by atoms with Gasteiger partial charge in [-0.05, 0) is 39.9 Å². The largest absolute Gasteiger partial charge is 0.356 e. The van der Waals surface area contributed by atoms with E-state index in [0.29, 0.717) is 0 Å². The molecule has 0 saturated carbocycles. The van der Waals surface area contributed by atoms with Crippen molar-refractivity contribution >= 4 is 41.3 Å². The fraction of sp³-hybridized carbons (Fsp3) is 0.733. The summed E-state index contributed by atoms with van der Waals surface area (Å²) in [6.07, 6.45) is 1.13. The van der Waals surface area contributed by atoms with Gasteiger partial charge in [-0.2, -0.15) is 0 Å². The molecular weight excluding hydrogens is 409 g/mol. The molecular formula is C15H30IN5S. The number of aryl methyl sites for hydroxylation is 2. The van der Waals surface area contributed by atoms with Gasteiger partial charge in [-0.15, -0.1) is 35.3 Å². The van der Waals surface area contributed by atoms with Crippen LogP contribution in [0, 0.1) is 13.8 Å². The van der Waals surface area contributed by atoms with Crippen molar-refractivity contribution in [3.8, 4) is 0 Å². The maximum atomic E-state index is 4.44. The first-order valence-electron chi connectivity index (χ1n) is 7.70. The van der Waals surface area contributed by atoms with E-state index in [4.69, 9.17) is 0 Å². The van der Waals surface area contributed by atoms with Crippen LogP contribution in [0.4, 0.5) is 0 Å². The van der Waals surface area contributed by atoms with Crippen molar-refractivity contribution in [1.82, 2.24) is 20.5 Å². The first-order chi connectivity index (χ1) is 10.1. The number of aliphatic imine (C=N–C) groups is 1. The van der Waals surface area contributed by atoms with E-state index in [2.05, 4.69) is 46.3 Å². The Morgan fingerprint density at radius 1 is 1.23 bits per heavy atom. The van der Waals surface area contributed by atoms with Crippen LogP contribution in [0.25, 0.3) is 0 Å². The van der Waals surface area contributed by atoms with Crippen molar-refractivity contribution in [3.63, 3.8) is 0 Å². The third kappa shape index (κ3) is 7.73. The molecule has 2 N–H and O–H groups in total. The molecule has 0 aliphatic rings. The van der Waals surface area contributed by atoms with Gasteiger partial charge in [0, 0.05) is 18.5 Å². The lowest BCUT2D eigenvalue weighted by molar-refractivity contribution is 0.300. The Labute approximate surface area is 156 Å². The second kappa shape index (κ2) is 12.1. The van der Waals surface area contributed by atoms with Crippen LogP contribution in [0.1, 0.15) is 35.8 Å². The summed E-state index contributed by atoms with van der Waals surface area (Å²) in [5.74, 6) is 0.861. The van der Waals surface area contributed by atoms with Gasteiger partial charge in [0.05, 0.1) is 17.2 Å². The second-order valence-electron chi connectivity index (χ2n) is 4.97. The zero-order valence-corrected chi connectivity index (χ0v) is 17.5. The van der Waals surface area contributed by atoms with Gasteiger partial charge in [-0.3, -0.25) is 4.99 Å². The molecule has 1 rings (SSSR count). The predicted octanol–water partition coefficient (Wildman–Crippen LogP) is 2.77. The van der Waals surface area contributed by atoms with E-state index in [1.165, 1.54) is 4.88 Å². The van der Waals surface area contributed by atoms with E-state index in [-0.39, 0.29) is 24.0 Å². The lowest BCUT2D eigenvalue weighted by atomic mass is 10.3. The molecule has 0 saturated heterocycles. The van der Waals surface area contributed by atoms with E-state index in [1.807, 2.05) is 14.0 Å². The standard InChI is InChI=1S/C15H29N5S.HI/c1-6-20(7-2)10-8-9-17-15(16-5)18-11-14-12(3)19-13(4)21-14;/h6-11H2,1-5H3,(H2,16,17,18);1H. The molecule has 0 unspecified atom stereocenters. The maximum Gasteiger partial charge on any atom is 0.191 e. The number of nitrogens with one attached hydrogen (secondary N) is 2. The van der Waals surface area contributed by atoms with Gasteiger partial charge in [0.25, 0.3) is 0 Å². The molecule has 128 valence electrons. The van der Waals surface area contributed by atoms with Crippen molar-refractivity contribution in [1.29, 1.82) is 0 Å². The number of halogens is 1. The van der Waals surface area contributed by atoms with Gasteiger partial charge in [-0.1, -0.05) is 13.8 Å². The summed E-state index contributed by atoms with van der Waals surface area (Å²) in [6.45, 7) is 13.6. The van der Waals surface area contributed by atoms with Crippen LogP contribution in [0.15, 0.2) is 4.99 Å². The highest BCUT2D eigenvalue weighted by molar-refractivity contribution is 14.0. The Morgan fingerprint density at radius 3 is 2.41 bits per heavy atom. The van der Waals surface area contributed by atoms with Gasteiger partial charge < -0.3 is 15.5 Å². The number of hydrogen-bond acceptors (Lipinski definition) is 4. The molecule has 0 atom stereocenters. The maximum absolute atomic E-state index is 4.44. The molecule has 1 heterocycles. The van der Waals surface area contributed by atoms with Crippen molar-refractivity contribution in [2.75, 3.05) is 33.2 Å². The van der Waals surface area contributed by atoms with Crippen LogP contribution in [-0.4, -0.2) is 49.1 Å². The third-order valence-electron chi connectivity index (χ3n) is 3.48. The average Bonchev–Trinajstić information content (AvgIpc) is 2.80. The van der Waals surface area contributed by atoms with Crippen LogP contribution in [0.3, 0.4) is 0 Å². The number of hydrogen-bond donors (Lipinski definition) is 2. The van der Waals surface area contributed by atoms with E-state index in [0.717, 1.165) is 55.8 Å². The van der Waals surface area contributed by atoms with Gasteiger partial charge in [0.15, 0.2) is 5.96 Å². The van der Waals surface area contributed by atoms with Crippen LogP contribution < -0.4 is 10.6 Å². The fourth-order valence-electron chi connectivity index (χ4n) is 2.17. The molecule has 0 fully saturated rings. The Balaban J connectivity index is 0.00000441. The number of nitrogens with zero attached hydrogens (tertiary/aromatic N) is 3. The summed E-state index contributed by atoms with van der Waals surface area (Å²) in [6, 6.07) is 0. The van der Waals surface area contributed by atoms with Crippen molar-refractivity contribution in [2.24, 2.45) is 4.99 Å². The van der Waals surface area contributed by atoms with E-state index in [1.54, 1.807) is 11.3 Å². The molecule has 5 nitrogen and oxygen atoms in total. The topological polar surface area (TPSA) is 52.5 Å². The zero-order valence-electron chi connectivity index (χ0n) is 14.4. The summed E-state index contributed by atoms with van der Waals surface area (Å²) in [7, 11) is 1.81. The van der Waals surface area contributed by atoms with Gasteiger partial charge in [0.2, 0.25) is 0 Å².